The third-order valence-electron chi connectivity index (χ3n) is 3.82. The van der Waals surface area contributed by atoms with Gasteiger partial charge < -0.3 is 10.1 Å². The topological polar surface area (TPSA) is 21.3 Å². The van der Waals surface area contributed by atoms with Crippen LogP contribution in [0.4, 0.5) is 0 Å². The van der Waals surface area contributed by atoms with Crippen LogP contribution >= 0.6 is 11.6 Å². The van der Waals surface area contributed by atoms with Crippen LogP contribution in [0, 0.1) is 5.92 Å². The van der Waals surface area contributed by atoms with Crippen LogP contribution in [0.2, 0.25) is 5.02 Å². The van der Waals surface area contributed by atoms with E-state index in [1.54, 1.807) is 0 Å². The van der Waals surface area contributed by atoms with Crippen molar-refractivity contribution in [3.63, 3.8) is 0 Å². The highest BCUT2D eigenvalue weighted by Gasteiger charge is 2.37. The molecule has 112 valence electrons. The normalized spacial score (nSPS) is 25.4. The number of hydrogen-bond acceptors (Lipinski definition) is 2. The van der Waals surface area contributed by atoms with Crippen molar-refractivity contribution in [2.24, 2.45) is 5.92 Å². The van der Waals surface area contributed by atoms with Gasteiger partial charge in [0.1, 0.15) is 11.4 Å². The maximum atomic E-state index is 6.30. The predicted molar refractivity (Wildman–Crippen MR) is 85.6 cm³/mol. The Bertz CT molecular complexity index is 460. The van der Waals surface area contributed by atoms with Crippen molar-refractivity contribution >= 4 is 11.6 Å². The molecule has 1 N–H and O–H groups in total. The second kappa shape index (κ2) is 6.36. The summed E-state index contributed by atoms with van der Waals surface area (Å²) < 4.78 is 6.30. The summed E-state index contributed by atoms with van der Waals surface area (Å²) in [7, 11) is 0. The van der Waals surface area contributed by atoms with Gasteiger partial charge in [0, 0.05) is 23.0 Å². The van der Waals surface area contributed by atoms with Crippen molar-refractivity contribution in [2.45, 2.75) is 58.6 Å². The van der Waals surface area contributed by atoms with Crippen molar-refractivity contribution < 1.29 is 4.74 Å². The van der Waals surface area contributed by atoms with Gasteiger partial charge in [-0.05, 0) is 50.4 Å². The van der Waals surface area contributed by atoms with Crippen LogP contribution in [-0.4, -0.2) is 12.1 Å². The first-order valence-corrected chi connectivity index (χ1v) is 8.03. The molecular weight excluding hydrogens is 270 g/mol. The van der Waals surface area contributed by atoms with Gasteiger partial charge in [0.2, 0.25) is 0 Å². The second-order valence-corrected chi connectivity index (χ2v) is 6.98. The van der Waals surface area contributed by atoms with Gasteiger partial charge in [-0.2, -0.15) is 0 Å². The number of benzene rings is 1. The number of halogens is 1. The first-order valence-electron chi connectivity index (χ1n) is 7.65. The maximum absolute atomic E-state index is 6.30. The third-order valence-corrected chi connectivity index (χ3v) is 4.06. The van der Waals surface area contributed by atoms with Crippen molar-refractivity contribution in [1.29, 1.82) is 0 Å². The molecule has 2 rings (SSSR count). The summed E-state index contributed by atoms with van der Waals surface area (Å²) >= 11 is 6.15. The molecule has 1 aromatic rings. The zero-order chi connectivity index (χ0) is 14.8. The molecular formula is C17H26ClNO. The highest BCUT2D eigenvalue weighted by atomic mass is 35.5. The summed E-state index contributed by atoms with van der Waals surface area (Å²) in [6.45, 7) is 9.94. The quantitative estimate of drug-likeness (QED) is 0.828. The minimum atomic E-state index is -0.0968. The van der Waals surface area contributed by atoms with Crippen molar-refractivity contribution in [1.82, 2.24) is 5.32 Å². The molecule has 0 radical (unpaired) electrons. The number of rotatable bonds is 5. The van der Waals surface area contributed by atoms with E-state index >= 15 is 0 Å². The summed E-state index contributed by atoms with van der Waals surface area (Å²) in [6, 6.07) is 6.30. The van der Waals surface area contributed by atoms with E-state index in [9.17, 15) is 0 Å². The van der Waals surface area contributed by atoms with E-state index in [4.69, 9.17) is 16.3 Å². The first-order chi connectivity index (χ1) is 9.43. The Kier molecular flexibility index (Phi) is 4.98. The van der Waals surface area contributed by atoms with Gasteiger partial charge >= 0.3 is 0 Å². The lowest BCUT2D eigenvalue weighted by atomic mass is 9.83. The van der Waals surface area contributed by atoms with Crippen LogP contribution < -0.4 is 10.1 Å². The van der Waals surface area contributed by atoms with Crippen molar-refractivity contribution in [3.8, 4) is 5.75 Å². The minimum absolute atomic E-state index is 0.0968. The van der Waals surface area contributed by atoms with Gasteiger partial charge in [-0.1, -0.05) is 32.4 Å². The van der Waals surface area contributed by atoms with Crippen LogP contribution in [0.5, 0.6) is 5.75 Å². The van der Waals surface area contributed by atoms with E-state index < -0.39 is 0 Å². The SMILES string of the molecule is CCCNC1CC(C)(CC(C)C)Oc2ccc(Cl)cc21. The molecule has 0 amide bonds. The van der Waals surface area contributed by atoms with E-state index in [0.29, 0.717) is 12.0 Å². The molecule has 0 saturated carbocycles. The summed E-state index contributed by atoms with van der Waals surface area (Å²) in [5.41, 5.74) is 1.10. The number of ether oxygens (including phenoxy) is 1. The molecule has 1 aliphatic heterocycles. The summed E-state index contributed by atoms with van der Waals surface area (Å²) in [6.07, 6.45) is 3.20. The molecule has 20 heavy (non-hydrogen) atoms. The average Bonchev–Trinajstić information content (AvgIpc) is 2.35. The first kappa shape index (κ1) is 15.7. The standard InChI is InChI=1S/C17H26ClNO/c1-5-8-19-15-11-17(4,10-12(2)3)20-16-7-6-13(18)9-14(15)16/h6-7,9,12,15,19H,5,8,10-11H2,1-4H3. The van der Waals surface area contributed by atoms with Gasteiger partial charge in [0.05, 0.1) is 0 Å². The lowest BCUT2D eigenvalue weighted by Crippen LogP contribution is -2.43. The van der Waals surface area contributed by atoms with E-state index in [0.717, 1.165) is 36.6 Å². The van der Waals surface area contributed by atoms with E-state index in [1.807, 2.05) is 18.2 Å². The summed E-state index contributed by atoms with van der Waals surface area (Å²) in [5, 5.41) is 4.43. The molecule has 0 aliphatic carbocycles. The fraction of sp³-hybridized carbons (Fsp3) is 0.647. The Hall–Kier alpha value is -0.730. The smallest absolute Gasteiger partial charge is 0.125 e. The van der Waals surface area contributed by atoms with Crippen molar-refractivity contribution in [2.75, 3.05) is 6.54 Å². The van der Waals surface area contributed by atoms with Crippen LogP contribution in [0.3, 0.4) is 0 Å². The predicted octanol–water partition coefficient (Wildman–Crippen LogP) is 4.97. The van der Waals surface area contributed by atoms with E-state index in [1.165, 1.54) is 5.56 Å². The molecule has 0 fully saturated rings. The maximum Gasteiger partial charge on any atom is 0.125 e. The Morgan fingerprint density at radius 3 is 2.85 bits per heavy atom. The lowest BCUT2D eigenvalue weighted by Gasteiger charge is -2.41. The zero-order valence-corrected chi connectivity index (χ0v) is 13.8. The van der Waals surface area contributed by atoms with Gasteiger partial charge in [0.25, 0.3) is 0 Å². The molecule has 2 unspecified atom stereocenters. The monoisotopic (exact) mass is 295 g/mol. The molecule has 2 atom stereocenters. The number of fused-ring (bicyclic) bond motifs is 1. The van der Waals surface area contributed by atoms with E-state index in [-0.39, 0.29) is 5.60 Å². The zero-order valence-electron chi connectivity index (χ0n) is 13.0. The average molecular weight is 296 g/mol. The van der Waals surface area contributed by atoms with Gasteiger partial charge in [-0.15, -0.1) is 0 Å². The summed E-state index contributed by atoms with van der Waals surface area (Å²) in [4.78, 5) is 0. The highest BCUT2D eigenvalue weighted by molar-refractivity contribution is 6.30. The largest absolute Gasteiger partial charge is 0.487 e. The molecule has 0 bridgehead atoms. The van der Waals surface area contributed by atoms with Crippen LogP contribution in [0.25, 0.3) is 0 Å². The van der Waals surface area contributed by atoms with Crippen LogP contribution in [0.15, 0.2) is 18.2 Å². The minimum Gasteiger partial charge on any atom is -0.487 e. The fourth-order valence-corrected chi connectivity index (χ4v) is 3.40. The Balaban J connectivity index is 2.28. The Morgan fingerprint density at radius 2 is 2.20 bits per heavy atom. The Morgan fingerprint density at radius 1 is 1.45 bits per heavy atom. The summed E-state index contributed by atoms with van der Waals surface area (Å²) in [5.74, 6) is 1.61. The molecule has 0 spiro atoms. The number of nitrogens with one attached hydrogen (secondary N) is 1. The third kappa shape index (κ3) is 3.67. The fourth-order valence-electron chi connectivity index (χ4n) is 3.22. The van der Waals surface area contributed by atoms with Crippen molar-refractivity contribution in [3.05, 3.63) is 28.8 Å². The molecule has 2 nitrogen and oxygen atoms in total. The van der Waals surface area contributed by atoms with Crippen LogP contribution in [0.1, 0.15) is 58.6 Å². The number of hydrogen-bond donors (Lipinski definition) is 1. The van der Waals surface area contributed by atoms with Gasteiger partial charge in [-0.25, -0.2) is 0 Å². The van der Waals surface area contributed by atoms with Gasteiger partial charge in [0.15, 0.2) is 0 Å². The molecule has 0 saturated heterocycles. The second-order valence-electron chi connectivity index (χ2n) is 6.54. The highest BCUT2D eigenvalue weighted by Crippen LogP contribution is 2.43. The molecule has 1 heterocycles. The molecule has 0 aromatic heterocycles. The molecule has 1 aromatic carbocycles. The molecule has 1 aliphatic rings. The van der Waals surface area contributed by atoms with Gasteiger partial charge in [-0.3, -0.25) is 0 Å². The molecule has 3 heteroatoms. The van der Waals surface area contributed by atoms with Crippen LogP contribution in [-0.2, 0) is 0 Å². The Labute approximate surface area is 127 Å². The lowest BCUT2D eigenvalue weighted by molar-refractivity contribution is 0.0287. The van der Waals surface area contributed by atoms with E-state index in [2.05, 4.69) is 33.0 Å².